The fourth-order valence-corrected chi connectivity index (χ4v) is 3.56. The van der Waals surface area contributed by atoms with E-state index in [9.17, 15) is 9.90 Å². The highest BCUT2D eigenvalue weighted by Crippen LogP contribution is 2.32. The van der Waals surface area contributed by atoms with Crippen LogP contribution >= 0.6 is 11.8 Å². The highest BCUT2D eigenvalue weighted by molar-refractivity contribution is 8.00. The van der Waals surface area contributed by atoms with Crippen molar-refractivity contribution < 1.29 is 14.3 Å². The molecule has 0 unspecified atom stereocenters. The van der Waals surface area contributed by atoms with E-state index in [1.807, 2.05) is 24.3 Å². The van der Waals surface area contributed by atoms with E-state index < -0.39 is 0 Å². The summed E-state index contributed by atoms with van der Waals surface area (Å²) in [6.45, 7) is 0. The van der Waals surface area contributed by atoms with E-state index in [1.165, 1.54) is 11.8 Å². The fraction of sp³-hybridized carbons (Fsp3) is 0.167. The molecule has 1 amide bonds. The van der Waals surface area contributed by atoms with Crippen LogP contribution in [0.5, 0.6) is 5.75 Å². The summed E-state index contributed by atoms with van der Waals surface area (Å²) in [5, 5.41) is 20.4. The number of aryl methyl sites for hydroxylation is 1. The van der Waals surface area contributed by atoms with Gasteiger partial charge in [-0.2, -0.15) is 0 Å². The molecule has 2 heterocycles. The zero-order valence-corrected chi connectivity index (χ0v) is 14.0. The largest absolute Gasteiger partial charge is 0.508 e. The third kappa shape index (κ3) is 3.36. The SMILES string of the molecule is O=C1Nc2ccccc2CC[C@@H]1Sc1nnc(-c2ccc(O)cc2)o1. The number of amides is 1. The average molecular weight is 353 g/mol. The quantitative estimate of drug-likeness (QED) is 0.749. The number of phenols is 1. The number of nitrogens with one attached hydrogen (secondary N) is 1. The second kappa shape index (κ2) is 6.60. The Morgan fingerprint density at radius 1 is 1.12 bits per heavy atom. The summed E-state index contributed by atoms with van der Waals surface area (Å²) in [5.74, 6) is 0.478. The van der Waals surface area contributed by atoms with Crippen LogP contribution in [0, 0.1) is 0 Å². The predicted octanol–water partition coefficient (Wildman–Crippen LogP) is 3.49. The molecule has 3 aromatic rings. The first-order chi connectivity index (χ1) is 12.2. The lowest BCUT2D eigenvalue weighted by Gasteiger charge is -2.09. The molecular weight excluding hydrogens is 338 g/mol. The maximum absolute atomic E-state index is 12.4. The Bertz CT molecular complexity index is 908. The first kappa shape index (κ1) is 15.7. The Kier molecular flexibility index (Phi) is 4.15. The van der Waals surface area contributed by atoms with Crippen molar-refractivity contribution in [3.63, 3.8) is 0 Å². The Morgan fingerprint density at radius 2 is 1.92 bits per heavy atom. The van der Waals surface area contributed by atoms with Crippen LogP contribution in [-0.4, -0.2) is 26.5 Å². The molecule has 0 saturated heterocycles. The van der Waals surface area contributed by atoms with Crippen LogP contribution in [0.3, 0.4) is 0 Å². The van der Waals surface area contributed by atoms with Crippen molar-refractivity contribution in [2.75, 3.05) is 5.32 Å². The molecule has 0 radical (unpaired) electrons. The molecule has 6 nitrogen and oxygen atoms in total. The molecule has 126 valence electrons. The number of para-hydroxylation sites is 1. The Balaban J connectivity index is 1.49. The lowest BCUT2D eigenvalue weighted by atomic mass is 10.1. The molecule has 1 aliphatic rings. The van der Waals surface area contributed by atoms with Crippen LogP contribution < -0.4 is 5.32 Å². The number of aromatic nitrogens is 2. The summed E-state index contributed by atoms with van der Waals surface area (Å²) in [6.07, 6.45) is 1.51. The van der Waals surface area contributed by atoms with Crippen LogP contribution in [0.2, 0.25) is 0 Å². The Morgan fingerprint density at radius 3 is 2.76 bits per heavy atom. The lowest BCUT2D eigenvalue weighted by molar-refractivity contribution is -0.115. The van der Waals surface area contributed by atoms with Crippen molar-refractivity contribution in [3.05, 3.63) is 54.1 Å². The van der Waals surface area contributed by atoms with Gasteiger partial charge >= 0.3 is 0 Å². The molecule has 0 spiro atoms. The first-order valence-electron chi connectivity index (χ1n) is 7.87. The molecule has 0 bridgehead atoms. The van der Waals surface area contributed by atoms with Crippen LogP contribution in [0.25, 0.3) is 11.5 Å². The van der Waals surface area contributed by atoms with E-state index in [4.69, 9.17) is 4.42 Å². The number of aromatic hydroxyl groups is 1. The molecule has 7 heteroatoms. The van der Waals surface area contributed by atoms with Crippen LogP contribution in [0.1, 0.15) is 12.0 Å². The minimum Gasteiger partial charge on any atom is -0.508 e. The molecule has 0 aliphatic carbocycles. The number of nitrogens with zero attached hydrogens (tertiary/aromatic N) is 2. The summed E-state index contributed by atoms with van der Waals surface area (Å²) >= 11 is 1.27. The lowest BCUT2D eigenvalue weighted by Crippen LogP contribution is -2.23. The molecule has 2 N–H and O–H groups in total. The standard InChI is InChI=1S/C18H15N3O3S/c22-13-8-5-12(6-9-13)17-20-21-18(24-17)25-15-10-7-11-3-1-2-4-14(11)19-16(15)23/h1-6,8-9,15,22H,7,10H2,(H,19,23)/t15-/m0/s1. The molecule has 2 aromatic carbocycles. The summed E-state index contributed by atoms with van der Waals surface area (Å²) in [7, 11) is 0. The second-order valence-electron chi connectivity index (χ2n) is 5.71. The van der Waals surface area contributed by atoms with Gasteiger partial charge in [-0.15, -0.1) is 10.2 Å². The highest BCUT2D eigenvalue weighted by atomic mass is 32.2. The highest BCUT2D eigenvalue weighted by Gasteiger charge is 2.26. The number of carbonyl (C=O) groups is 1. The molecule has 0 saturated carbocycles. The molecular formula is C18H15N3O3S. The number of phenolic OH excluding ortho intramolecular Hbond substituents is 1. The molecule has 25 heavy (non-hydrogen) atoms. The molecule has 4 rings (SSSR count). The van der Waals surface area contributed by atoms with E-state index >= 15 is 0 Å². The first-order valence-corrected chi connectivity index (χ1v) is 8.75. The van der Waals surface area contributed by atoms with Crippen molar-refractivity contribution >= 4 is 23.4 Å². The predicted molar refractivity (Wildman–Crippen MR) is 94.4 cm³/mol. The van der Waals surface area contributed by atoms with E-state index in [2.05, 4.69) is 15.5 Å². The van der Waals surface area contributed by atoms with Gasteiger partial charge in [0, 0.05) is 11.3 Å². The van der Waals surface area contributed by atoms with Gasteiger partial charge in [0.2, 0.25) is 11.8 Å². The fourth-order valence-electron chi connectivity index (χ4n) is 2.70. The number of thioether (sulfide) groups is 1. The van der Waals surface area contributed by atoms with Gasteiger partial charge in [0.1, 0.15) is 5.75 Å². The van der Waals surface area contributed by atoms with Gasteiger partial charge in [-0.3, -0.25) is 4.79 Å². The normalized spacial score (nSPS) is 16.8. The van der Waals surface area contributed by atoms with Gasteiger partial charge in [-0.25, -0.2) is 0 Å². The Hall–Kier alpha value is -2.80. The van der Waals surface area contributed by atoms with E-state index in [0.29, 0.717) is 17.5 Å². The number of hydrogen-bond acceptors (Lipinski definition) is 6. The molecule has 1 aliphatic heterocycles. The third-order valence-corrected chi connectivity index (χ3v) is 5.11. The molecule has 1 aromatic heterocycles. The van der Waals surface area contributed by atoms with Gasteiger partial charge in [-0.05, 0) is 48.7 Å². The number of carbonyl (C=O) groups excluding carboxylic acids is 1. The summed E-state index contributed by atoms with van der Waals surface area (Å²) in [6, 6.07) is 14.3. The minimum atomic E-state index is -0.291. The molecule has 0 fully saturated rings. The van der Waals surface area contributed by atoms with Gasteiger partial charge in [0.05, 0.1) is 5.25 Å². The van der Waals surface area contributed by atoms with Crippen molar-refractivity contribution in [2.45, 2.75) is 23.3 Å². The van der Waals surface area contributed by atoms with Gasteiger partial charge in [-0.1, -0.05) is 30.0 Å². The summed E-state index contributed by atoms with van der Waals surface area (Å²) < 4.78 is 5.66. The van der Waals surface area contributed by atoms with Crippen LogP contribution in [0.4, 0.5) is 5.69 Å². The smallest absolute Gasteiger partial charge is 0.277 e. The average Bonchev–Trinajstić information content (AvgIpc) is 3.02. The molecule has 1 atom stereocenters. The van der Waals surface area contributed by atoms with Crippen molar-refractivity contribution in [1.82, 2.24) is 10.2 Å². The van der Waals surface area contributed by atoms with Crippen molar-refractivity contribution in [1.29, 1.82) is 0 Å². The van der Waals surface area contributed by atoms with Gasteiger partial charge < -0.3 is 14.8 Å². The van der Waals surface area contributed by atoms with Crippen molar-refractivity contribution in [3.8, 4) is 17.2 Å². The van der Waals surface area contributed by atoms with Crippen molar-refractivity contribution in [2.24, 2.45) is 0 Å². The number of anilines is 1. The van der Waals surface area contributed by atoms with E-state index in [0.717, 1.165) is 23.2 Å². The summed E-state index contributed by atoms with van der Waals surface area (Å²) in [4.78, 5) is 12.4. The van der Waals surface area contributed by atoms with E-state index in [1.54, 1.807) is 24.3 Å². The summed E-state index contributed by atoms with van der Waals surface area (Å²) in [5.41, 5.74) is 2.72. The zero-order valence-electron chi connectivity index (χ0n) is 13.2. The van der Waals surface area contributed by atoms with E-state index in [-0.39, 0.29) is 16.9 Å². The van der Waals surface area contributed by atoms with Gasteiger partial charge in [0.15, 0.2) is 0 Å². The maximum Gasteiger partial charge on any atom is 0.277 e. The third-order valence-electron chi connectivity index (χ3n) is 4.01. The van der Waals surface area contributed by atoms with Gasteiger partial charge in [0.25, 0.3) is 5.22 Å². The maximum atomic E-state index is 12.4. The van der Waals surface area contributed by atoms with Crippen LogP contribution in [-0.2, 0) is 11.2 Å². The monoisotopic (exact) mass is 353 g/mol. The van der Waals surface area contributed by atoms with Crippen LogP contribution in [0.15, 0.2) is 58.2 Å². The number of benzene rings is 2. The topological polar surface area (TPSA) is 88.2 Å². The second-order valence-corrected chi connectivity index (χ2v) is 6.87. The zero-order chi connectivity index (χ0) is 17.2. The minimum absolute atomic E-state index is 0.0562. The number of fused-ring (bicyclic) bond motifs is 1. The number of rotatable bonds is 3. The number of hydrogen-bond donors (Lipinski definition) is 2. The Labute approximate surface area is 148 Å².